The lowest BCUT2D eigenvalue weighted by Gasteiger charge is -2.16. The van der Waals surface area contributed by atoms with Crippen molar-refractivity contribution in [1.82, 2.24) is 10.6 Å². The number of aliphatic imine (C=N–C) groups is 1. The van der Waals surface area contributed by atoms with Gasteiger partial charge in [0.25, 0.3) is 0 Å². The number of nitrogens with one attached hydrogen (secondary N) is 2. The minimum Gasteiger partial charge on any atom is -0.497 e. The SMILES string of the molecule is CCNC(=NCc1cc(OC)ccc1OC(F)F)NCc1cccc2c1OCCCO2.I. The fraction of sp³-hybridized carbons (Fsp3) is 0.409. The molecule has 2 aromatic carbocycles. The summed E-state index contributed by atoms with van der Waals surface area (Å²) in [5.74, 6) is 2.58. The first-order chi connectivity index (χ1) is 15.1. The predicted molar refractivity (Wildman–Crippen MR) is 129 cm³/mol. The van der Waals surface area contributed by atoms with Gasteiger partial charge in [0, 0.05) is 30.6 Å². The minimum atomic E-state index is -2.92. The average molecular weight is 563 g/mol. The average Bonchev–Trinajstić information content (AvgIpc) is 3.02. The Balaban J connectivity index is 0.00000363. The van der Waals surface area contributed by atoms with Gasteiger partial charge in [0.15, 0.2) is 17.5 Å². The van der Waals surface area contributed by atoms with Crippen molar-refractivity contribution >= 4 is 29.9 Å². The van der Waals surface area contributed by atoms with E-state index < -0.39 is 6.61 Å². The topological polar surface area (TPSA) is 73.3 Å². The Bertz CT molecular complexity index is 899. The smallest absolute Gasteiger partial charge is 0.387 e. The molecule has 3 rings (SSSR count). The molecule has 0 atom stereocenters. The zero-order chi connectivity index (χ0) is 22.1. The number of nitrogens with zero attached hydrogens (tertiary/aromatic N) is 1. The third kappa shape index (κ3) is 7.28. The van der Waals surface area contributed by atoms with Crippen LogP contribution in [0, 0.1) is 0 Å². The van der Waals surface area contributed by atoms with E-state index in [1.165, 1.54) is 13.2 Å². The minimum absolute atomic E-state index is 0. The summed E-state index contributed by atoms with van der Waals surface area (Å²) < 4.78 is 46.9. The van der Waals surface area contributed by atoms with Crippen LogP contribution in [0.15, 0.2) is 41.4 Å². The normalized spacial score (nSPS) is 13.1. The molecule has 1 heterocycles. The summed E-state index contributed by atoms with van der Waals surface area (Å²) in [4.78, 5) is 4.51. The Morgan fingerprint density at radius 1 is 1.12 bits per heavy atom. The van der Waals surface area contributed by atoms with E-state index >= 15 is 0 Å². The molecule has 0 aromatic heterocycles. The van der Waals surface area contributed by atoms with Gasteiger partial charge >= 0.3 is 6.61 Å². The van der Waals surface area contributed by atoms with Gasteiger partial charge < -0.3 is 29.6 Å². The van der Waals surface area contributed by atoms with Crippen molar-refractivity contribution in [3.63, 3.8) is 0 Å². The third-order valence-electron chi connectivity index (χ3n) is 4.53. The van der Waals surface area contributed by atoms with Gasteiger partial charge in [-0.25, -0.2) is 4.99 Å². The van der Waals surface area contributed by atoms with Crippen molar-refractivity contribution in [2.24, 2.45) is 4.99 Å². The van der Waals surface area contributed by atoms with E-state index in [1.807, 2.05) is 25.1 Å². The van der Waals surface area contributed by atoms with Crippen molar-refractivity contribution in [2.75, 3.05) is 26.9 Å². The molecule has 0 saturated carbocycles. The highest BCUT2D eigenvalue weighted by Gasteiger charge is 2.15. The number of ether oxygens (including phenoxy) is 4. The number of rotatable bonds is 8. The van der Waals surface area contributed by atoms with E-state index in [0.29, 0.717) is 43.6 Å². The fourth-order valence-corrected chi connectivity index (χ4v) is 3.10. The number of para-hydroxylation sites is 1. The molecule has 0 bridgehead atoms. The van der Waals surface area contributed by atoms with Crippen LogP contribution in [0.1, 0.15) is 24.5 Å². The molecule has 2 aromatic rings. The predicted octanol–water partition coefficient (Wildman–Crippen LogP) is 4.33. The summed E-state index contributed by atoms with van der Waals surface area (Å²) in [6, 6.07) is 10.4. The van der Waals surface area contributed by atoms with Crippen LogP contribution in [-0.2, 0) is 13.1 Å². The Kier molecular flexibility index (Phi) is 10.6. The largest absolute Gasteiger partial charge is 0.497 e. The van der Waals surface area contributed by atoms with Gasteiger partial charge in [-0.3, -0.25) is 0 Å². The highest BCUT2D eigenvalue weighted by molar-refractivity contribution is 14.0. The number of methoxy groups -OCH3 is 1. The molecule has 32 heavy (non-hydrogen) atoms. The Morgan fingerprint density at radius 2 is 1.94 bits per heavy atom. The van der Waals surface area contributed by atoms with E-state index in [9.17, 15) is 8.78 Å². The molecule has 1 aliphatic heterocycles. The highest BCUT2D eigenvalue weighted by atomic mass is 127. The molecular formula is C22H28F2IN3O4. The van der Waals surface area contributed by atoms with Crippen LogP contribution in [0.2, 0.25) is 0 Å². The molecule has 0 saturated heterocycles. The molecule has 10 heteroatoms. The lowest BCUT2D eigenvalue weighted by Crippen LogP contribution is -2.36. The number of fused-ring (bicyclic) bond motifs is 1. The van der Waals surface area contributed by atoms with Crippen LogP contribution in [0.25, 0.3) is 0 Å². The first-order valence-corrected chi connectivity index (χ1v) is 10.1. The monoisotopic (exact) mass is 563 g/mol. The van der Waals surface area contributed by atoms with Gasteiger partial charge in [0.05, 0.1) is 26.9 Å². The van der Waals surface area contributed by atoms with Crippen molar-refractivity contribution < 1.29 is 27.7 Å². The molecule has 1 aliphatic rings. The highest BCUT2D eigenvalue weighted by Crippen LogP contribution is 2.33. The van der Waals surface area contributed by atoms with Crippen LogP contribution in [0.3, 0.4) is 0 Å². The number of guanidine groups is 1. The summed E-state index contributed by atoms with van der Waals surface area (Å²) >= 11 is 0. The molecule has 0 aliphatic carbocycles. The van der Waals surface area contributed by atoms with Crippen LogP contribution in [0.5, 0.6) is 23.0 Å². The van der Waals surface area contributed by atoms with Gasteiger partial charge in [0.1, 0.15) is 11.5 Å². The number of halogens is 3. The van der Waals surface area contributed by atoms with E-state index in [2.05, 4.69) is 20.4 Å². The Labute approximate surface area is 203 Å². The third-order valence-corrected chi connectivity index (χ3v) is 4.53. The second-order valence-corrected chi connectivity index (χ2v) is 6.70. The number of benzene rings is 2. The second-order valence-electron chi connectivity index (χ2n) is 6.70. The zero-order valence-corrected chi connectivity index (χ0v) is 20.4. The summed E-state index contributed by atoms with van der Waals surface area (Å²) in [6.45, 7) is 1.46. The molecule has 2 N–H and O–H groups in total. The molecule has 0 amide bonds. The van der Waals surface area contributed by atoms with Crippen LogP contribution < -0.4 is 29.6 Å². The molecule has 0 fully saturated rings. The molecule has 176 valence electrons. The van der Waals surface area contributed by atoms with Crippen molar-refractivity contribution in [3.05, 3.63) is 47.5 Å². The van der Waals surface area contributed by atoms with Crippen molar-refractivity contribution in [2.45, 2.75) is 33.0 Å². The number of alkyl halides is 2. The maximum absolute atomic E-state index is 12.7. The van der Waals surface area contributed by atoms with Crippen LogP contribution in [-0.4, -0.2) is 39.4 Å². The van der Waals surface area contributed by atoms with Crippen LogP contribution in [0.4, 0.5) is 8.78 Å². The fourth-order valence-electron chi connectivity index (χ4n) is 3.10. The van der Waals surface area contributed by atoms with Crippen molar-refractivity contribution in [1.29, 1.82) is 0 Å². The molecule has 0 spiro atoms. The second kappa shape index (κ2) is 13.1. The lowest BCUT2D eigenvalue weighted by molar-refractivity contribution is -0.0504. The molecule has 0 radical (unpaired) electrons. The maximum Gasteiger partial charge on any atom is 0.387 e. The Hall–Kier alpha value is -2.50. The van der Waals surface area contributed by atoms with E-state index in [1.54, 1.807) is 12.1 Å². The van der Waals surface area contributed by atoms with Crippen molar-refractivity contribution in [3.8, 4) is 23.0 Å². The zero-order valence-electron chi connectivity index (χ0n) is 18.0. The molecule has 0 unspecified atom stereocenters. The van der Waals surface area contributed by atoms with Gasteiger partial charge in [0.2, 0.25) is 0 Å². The van der Waals surface area contributed by atoms with Gasteiger partial charge in [-0.2, -0.15) is 8.78 Å². The maximum atomic E-state index is 12.7. The summed E-state index contributed by atoms with van der Waals surface area (Å²) in [7, 11) is 1.51. The number of hydrogen-bond acceptors (Lipinski definition) is 5. The van der Waals surface area contributed by atoms with Gasteiger partial charge in [-0.05, 0) is 31.2 Å². The summed E-state index contributed by atoms with van der Waals surface area (Å²) in [5.41, 5.74) is 1.43. The lowest BCUT2D eigenvalue weighted by atomic mass is 10.2. The summed E-state index contributed by atoms with van der Waals surface area (Å²) in [6.07, 6.45) is 0.829. The quantitative estimate of drug-likeness (QED) is 0.283. The standard InChI is InChI=1S/C22H27F2N3O4.HI/c1-3-25-22(26-13-15-6-4-7-19-20(15)30-11-5-10-29-19)27-14-16-12-17(28-2)8-9-18(16)31-21(23)24;/h4,6-9,12,21H,3,5,10-11,13-14H2,1-2H3,(H2,25,26,27);1H. The van der Waals surface area contributed by atoms with E-state index in [-0.39, 0.29) is 36.3 Å². The first kappa shape index (κ1) is 25.8. The van der Waals surface area contributed by atoms with E-state index in [0.717, 1.165) is 23.5 Å². The summed E-state index contributed by atoms with van der Waals surface area (Å²) in [5, 5.41) is 6.40. The first-order valence-electron chi connectivity index (χ1n) is 10.1. The van der Waals surface area contributed by atoms with Gasteiger partial charge in [-0.15, -0.1) is 24.0 Å². The van der Waals surface area contributed by atoms with Gasteiger partial charge in [-0.1, -0.05) is 12.1 Å². The van der Waals surface area contributed by atoms with Crippen LogP contribution >= 0.6 is 24.0 Å². The molecular weight excluding hydrogens is 535 g/mol. The number of hydrogen-bond donors (Lipinski definition) is 2. The Morgan fingerprint density at radius 3 is 2.69 bits per heavy atom. The molecule has 7 nitrogen and oxygen atoms in total. The van der Waals surface area contributed by atoms with E-state index in [4.69, 9.17) is 14.2 Å².